The van der Waals surface area contributed by atoms with Crippen molar-refractivity contribution in [2.75, 3.05) is 11.9 Å². The van der Waals surface area contributed by atoms with Gasteiger partial charge in [-0.1, -0.05) is 35.9 Å². The largest absolute Gasteiger partial charge is 0.324 e. The van der Waals surface area contributed by atoms with E-state index in [1.807, 2.05) is 24.4 Å². The number of aromatic nitrogens is 2. The molecule has 4 aromatic rings. The first-order valence-corrected chi connectivity index (χ1v) is 11.0. The molecule has 1 aliphatic rings. The average molecular weight is 433 g/mol. The number of rotatable bonds is 4. The fourth-order valence-electron chi connectivity index (χ4n) is 3.39. The summed E-state index contributed by atoms with van der Waals surface area (Å²) >= 11 is 3.10. The van der Waals surface area contributed by atoms with Crippen molar-refractivity contribution in [3.63, 3.8) is 0 Å². The zero-order valence-corrected chi connectivity index (χ0v) is 17.8. The maximum Gasteiger partial charge on any atom is 0.274 e. The number of hydrogen-bond acceptors (Lipinski definition) is 7. The summed E-state index contributed by atoms with van der Waals surface area (Å²) in [6.07, 6.45) is 1.30. The van der Waals surface area contributed by atoms with Crippen molar-refractivity contribution < 1.29 is 9.59 Å². The summed E-state index contributed by atoms with van der Waals surface area (Å²) in [5.41, 5.74) is 3.49. The monoisotopic (exact) mass is 432 g/mol. The first-order valence-electron chi connectivity index (χ1n) is 9.22. The molecule has 0 bridgehead atoms. The van der Waals surface area contributed by atoms with E-state index in [4.69, 9.17) is 9.97 Å². The molecule has 1 aliphatic heterocycles. The van der Waals surface area contributed by atoms with Crippen LogP contribution in [-0.4, -0.2) is 28.8 Å². The van der Waals surface area contributed by atoms with Crippen molar-refractivity contribution in [3.05, 3.63) is 64.5 Å². The zero-order chi connectivity index (χ0) is 20.8. The van der Waals surface area contributed by atoms with E-state index in [1.165, 1.54) is 23.0 Å². The Labute approximate surface area is 180 Å². The molecule has 30 heavy (non-hydrogen) atoms. The van der Waals surface area contributed by atoms with Gasteiger partial charge in [-0.15, -0.1) is 22.7 Å². The normalized spacial score (nSPS) is 13.6. The summed E-state index contributed by atoms with van der Waals surface area (Å²) in [5, 5.41) is 7.20. The summed E-state index contributed by atoms with van der Waals surface area (Å²) in [5.74, 6) is 0.340. The van der Waals surface area contributed by atoms with Crippen LogP contribution in [0.1, 0.15) is 5.56 Å². The number of nitrogens with zero attached hydrogens (tertiary/aromatic N) is 3. The minimum Gasteiger partial charge on any atom is -0.324 e. The molecule has 0 unspecified atom stereocenters. The zero-order valence-electron chi connectivity index (χ0n) is 16.2. The molecular formula is C22H16N4O2S2. The van der Waals surface area contributed by atoms with Crippen LogP contribution in [0.2, 0.25) is 0 Å². The van der Waals surface area contributed by atoms with E-state index in [0.29, 0.717) is 11.6 Å². The van der Waals surface area contributed by atoms with Gasteiger partial charge in [0.1, 0.15) is 16.3 Å². The van der Waals surface area contributed by atoms with E-state index in [0.717, 1.165) is 26.2 Å². The average Bonchev–Trinajstić information content (AvgIpc) is 3.47. The minimum atomic E-state index is -0.431. The van der Waals surface area contributed by atoms with Gasteiger partial charge in [-0.3, -0.25) is 14.9 Å². The Hall–Kier alpha value is -3.36. The molecule has 1 aromatic carbocycles. The number of likely N-dealkylation sites (N-methyl/N-ethyl adjacent to an activating group) is 1. The Balaban J connectivity index is 1.75. The van der Waals surface area contributed by atoms with Crippen LogP contribution in [0.3, 0.4) is 0 Å². The number of benzene rings is 1. The SMILES string of the molecule is Cc1ccc(-c2csc3nc(-c4cccs4)nc(N(C)C4=CC(=O)NC4=O)c23)cc1. The van der Waals surface area contributed by atoms with Crippen LogP contribution in [0, 0.1) is 6.92 Å². The van der Waals surface area contributed by atoms with Crippen LogP contribution in [0.5, 0.6) is 0 Å². The van der Waals surface area contributed by atoms with Gasteiger partial charge < -0.3 is 4.90 Å². The summed E-state index contributed by atoms with van der Waals surface area (Å²) in [4.78, 5) is 37.1. The van der Waals surface area contributed by atoms with Gasteiger partial charge >= 0.3 is 0 Å². The molecule has 0 atom stereocenters. The van der Waals surface area contributed by atoms with Crippen molar-refractivity contribution in [2.24, 2.45) is 0 Å². The number of thiophene rings is 2. The molecule has 0 spiro atoms. The van der Waals surface area contributed by atoms with Gasteiger partial charge in [0, 0.05) is 24.1 Å². The second-order valence-electron chi connectivity index (χ2n) is 6.95. The number of aryl methyl sites for hydroxylation is 1. The van der Waals surface area contributed by atoms with E-state index in [2.05, 4.69) is 35.0 Å². The summed E-state index contributed by atoms with van der Waals surface area (Å²) < 4.78 is 0. The predicted octanol–water partition coefficient (Wildman–Crippen LogP) is 4.37. The van der Waals surface area contributed by atoms with Gasteiger partial charge in [-0.05, 0) is 23.9 Å². The van der Waals surface area contributed by atoms with Crippen molar-refractivity contribution in [2.45, 2.75) is 6.92 Å². The third-order valence-electron chi connectivity index (χ3n) is 4.93. The highest BCUT2D eigenvalue weighted by Gasteiger charge is 2.28. The number of carbonyl (C=O) groups excluding carboxylic acids is 2. The molecule has 0 aliphatic carbocycles. The van der Waals surface area contributed by atoms with Crippen molar-refractivity contribution >= 4 is 50.5 Å². The first-order chi connectivity index (χ1) is 14.5. The molecule has 6 nitrogen and oxygen atoms in total. The lowest BCUT2D eigenvalue weighted by atomic mass is 10.0. The smallest absolute Gasteiger partial charge is 0.274 e. The predicted molar refractivity (Wildman–Crippen MR) is 121 cm³/mol. The first kappa shape index (κ1) is 18.7. The van der Waals surface area contributed by atoms with Crippen LogP contribution in [0.4, 0.5) is 5.82 Å². The van der Waals surface area contributed by atoms with Gasteiger partial charge in [0.15, 0.2) is 5.82 Å². The Morgan fingerprint density at radius 2 is 1.83 bits per heavy atom. The summed E-state index contributed by atoms with van der Waals surface area (Å²) in [6, 6.07) is 12.2. The number of imide groups is 1. The van der Waals surface area contributed by atoms with E-state index < -0.39 is 11.8 Å². The van der Waals surface area contributed by atoms with Crippen molar-refractivity contribution in [1.29, 1.82) is 0 Å². The topological polar surface area (TPSA) is 75.2 Å². The van der Waals surface area contributed by atoms with Crippen molar-refractivity contribution in [1.82, 2.24) is 15.3 Å². The third kappa shape index (κ3) is 3.10. The lowest BCUT2D eigenvalue weighted by molar-refractivity contribution is -0.123. The standard InChI is InChI=1S/C22H16N4O2S2/c1-12-5-7-13(8-6-12)14-11-30-22-18(14)20(24-19(25-22)16-4-3-9-29-16)26(2)15-10-17(27)23-21(15)28/h3-11H,1-2H3,(H,23,27,28). The molecule has 2 amide bonds. The Bertz CT molecular complexity index is 1320. The quantitative estimate of drug-likeness (QED) is 0.485. The minimum absolute atomic E-state index is 0.262. The van der Waals surface area contributed by atoms with Crippen LogP contribution in [-0.2, 0) is 9.59 Å². The second-order valence-corrected chi connectivity index (χ2v) is 8.76. The van der Waals surface area contributed by atoms with Gasteiger partial charge in [0.05, 0.1) is 10.3 Å². The van der Waals surface area contributed by atoms with Crippen molar-refractivity contribution in [3.8, 4) is 21.8 Å². The molecule has 3 aromatic heterocycles. The lowest BCUT2D eigenvalue weighted by Gasteiger charge is -2.20. The Morgan fingerprint density at radius 1 is 1.03 bits per heavy atom. The molecule has 148 valence electrons. The lowest BCUT2D eigenvalue weighted by Crippen LogP contribution is -2.29. The molecule has 1 N–H and O–H groups in total. The van der Waals surface area contributed by atoms with E-state index in [9.17, 15) is 9.59 Å². The van der Waals surface area contributed by atoms with Gasteiger partial charge in [0.25, 0.3) is 11.8 Å². The number of amides is 2. The molecular weight excluding hydrogens is 416 g/mol. The van der Waals surface area contributed by atoms with Gasteiger partial charge in [-0.2, -0.15) is 0 Å². The molecule has 0 saturated heterocycles. The fourth-order valence-corrected chi connectivity index (χ4v) is 4.99. The van der Waals surface area contributed by atoms with Gasteiger partial charge in [-0.25, -0.2) is 9.97 Å². The number of carbonyl (C=O) groups is 2. The third-order valence-corrected chi connectivity index (χ3v) is 6.67. The maximum atomic E-state index is 12.3. The fraction of sp³-hybridized carbons (Fsp3) is 0.0909. The highest BCUT2D eigenvalue weighted by atomic mass is 32.1. The molecule has 0 saturated carbocycles. The number of nitrogens with one attached hydrogen (secondary N) is 1. The van der Waals surface area contributed by atoms with Crippen LogP contribution >= 0.6 is 22.7 Å². The van der Waals surface area contributed by atoms with Crippen LogP contribution in [0.25, 0.3) is 32.0 Å². The Kier molecular flexibility index (Phi) is 4.45. The highest BCUT2D eigenvalue weighted by molar-refractivity contribution is 7.17. The number of hydrogen-bond donors (Lipinski definition) is 1. The summed E-state index contributed by atoms with van der Waals surface area (Å²) in [6.45, 7) is 2.05. The second kappa shape index (κ2) is 7.16. The summed E-state index contributed by atoms with van der Waals surface area (Å²) in [7, 11) is 1.75. The molecule has 0 fully saturated rings. The van der Waals surface area contributed by atoms with E-state index in [1.54, 1.807) is 23.3 Å². The molecule has 5 rings (SSSR count). The van der Waals surface area contributed by atoms with E-state index >= 15 is 0 Å². The number of fused-ring (bicyclic) bond motifs is 1. The molecule has 0 radical (unpaired) electrons. The van der Waals surface area contributed by atoms with Gasteiger partial charge in [0.2, 0.25) is 0 Å². The Morgan fingerprint density at radius 3 is 2.50 bits per heavy atom. The number of anilines is 1. The van der Waals surface area contributed by atoms with Crippen LogP contribution < -0.4 is 10.2 Å². The molecule has 4 heterocycles. The van der Waals surface area contributed by atoms with E-state index in [-0.39, 0.29) is 5.70 Å². The maximum absolute atomic E-state index is 12.3. The highest BCUT2D eigenvalue weighted by Crippen LogP contribution is 2.40. The van der Waals surface area contributed by atoms with Crippen LogP contribution in [0.15, 0.2) is 58.9 Å². The molecule has 8 heteroatoms.